The Morgan fingerprint density at radius 3 is 2.65 bits per heavy atom. The molecule has 6 nitrogen and oxygen atoms in total. The Balaban J connectivity index is 1.47. The van der Waals surface area contributed by atoms with E-state index in [1.165, 1.54) is 10.3 Å². The van der Waals surface area contributed by atoms with Crippen molar-refractivity contribution in [2.75, 3.05) is 31.1 Å². The van der Waals surface area contributed by atoms with E-state index in [1.54, 1.807) is 16.0 Å². The minimum absolute atomic E-state index is 0.0759. The SMILES string of the molecule is CCn1nc(C)cc1C(=O)N1CCN(c2nc3ccc(C)cc3s2)CC1. The van der Waals surface area contributed by atoms with Crippen molar-refractivity contribution >= 4 is 32.6 Å². The van der Waals surface area contributed by atoms with E-state index in [0.29, 0.717) is 25.3 Å². The van der Waals surface area contributed by atoms with Crippen molar-refractivity contribution < 1.29 is 4.79 Å². The molecule has 0 aliphatic carbocycles. The normalized spacial score (nSPS) is 15.0. The maximum absolute atomic E-state index is 12.8. The van der Waals surface area contributed by atoms with Crippen LogP contribution in [-0.2, 0) is 6.54 Å². The third-order valence-electron chi connectivity index (χ3n) is 4.79. The highest BCUT2D eigenvalue weighted by Crippen LogP contribution is 2.30. The van der Waals surface area contributed by atoms with Gasteiger partial charge in [-0.1, -0.05) is 17.4 Å². The number of hydrogen-bond acceptors (Lipinski definition) is 5. The summed E-state index contributed by atoms with van der Waals surface area (Å²) >= 11 is 1.73. The summed E-state index contributed by atoms with van der Waals surface area (Å²) in [6, 6.07) is 8.25. The first-order valence-electron chi connectivity index (χ1n) is 9.01. The van der Waals surface area contributed by atoms with Gasteiger partial charge >= 0.3 is 0 Å². The van der Waals surface area contributed by atoms with Crippen molar-refractivity contribution in [3.63, 3.8) is 0 Å². The largest absolute Gasteiger partial charge is 0.345 e. The van der Waals surface area contributed by atoms with Crippen LogP contribution >= 0.6 is 11.3 Å². The molecule has 0 saturated carbocycles. The zero-order valence-corrected chi connectivity index (χ0v) is 16.2. The molecule has 3 aromatic rings. The molecule has 0 atom stereocenters. The van der Waals surface area contributed by atoms with E-state index in [2.05, 4.69) is 35.1 Å². The molecule has 0 bridgehead atoms. The average molecular weight is 369 g/mol. The summed E-state index contributed by atoms with van der Waals surface area (Å²) in [6.07, 6.45) is 0. The van der Waals surface area contributed by atoms with Gasteiger partial charge in [-0.3, -0.25) is 9.48 Å². The molecule has 2 aromatic heterocycles. The number of nitrogens with zero attached hydrogens (tertiary/aromatic N) is 5. The molecule has 1 fully saturated rings. The number of aryl methyl sites for hydroxylation is 3. The number of anilines is 1. The van der Waals surface area contributed by atoms with Gasteiger partial charge in [-0.05, 0) is 44.5 Å². The smallest absolute Gasteiger partial charge is 0.272 e. The van der Waals surface area contributed by atoms with Gasteiger partial charge in [0.15, 0.2) is 5.13 Å². The topological polar surface area (TPSA) is 54.3 Å². The third kappa shape index (κ3) is 3.07. The number of benzene rings is 1. The summed E-state index contributed by atoms with van der Waals surface area (Å²) in [7, 11) is 0. The van der Waals surface area contributed by atoms with Crippen LogP contribution in [0.3, 0.4) is 0 Å². The zero-order valence-electron chi connectivity index (χ0n) is 15.4. The first kappa shape index (κ1) is 17.0. The summed E-state index contributed by atoms with van der Waals surface area (Å²) in [4.78, 5) is 21.8. The number of carbonyl (C=O) groups is 1. The number of fused-ring (bicyclic) bond motifs is 1. The lowest BCUT2D eigenvalue weighted by atomic mass is 10.2. The van der Waals surface area contributed by atoms with Crippen LogP contribution < -0.4 is 4.90 Å². The van der Waals surface area contributed by atoms with Gasteiger partial charge < -0.3 is 9.80 Å². The Labute approximate surface area is 157 Å². The van der Waals surface area contributed by atoms with E-state index >= 15 is 0 Å². The summed E-state index contributed by atoms with van der Waals surface area (Å²) in [5, 5.41) is 5.44. The fourth-order valence-electron chi connectivity index (χ4n) is 3.38. The second-order valence-electron chi connectivity index (χ2n) is 6.73. The fraction of sp³-hybridized carbons (Fsp3) is 0.421. The molecule has 0 radical (unpaired) electrons. The highest BCUT2D eigenvalue weighted by Gasteiger charge is 2.26. The number of aromatic nitrogens is 3. The maximum atomic E-state index is 12.8. The highest BCUT2D eigenvalue weighted by atomic mass is 32.1. The van der Waals surface area contributed by atoms with Gasteiger partial charge in [0.25, 0.3) is 5.91 Å². The molecule has 1 amide bonds. The van der Waals surface area contributed by atoms with E-state index in [1.807, 2.05) is 24.8 Å². The molecule has 7 heteroatoms. The quantitative estimate of drug-likeness (QED) is 0.712. The van der Waals surface area contributed by atoms with Crippen LogP contribution in [0, 0.1) is 13.8 Å². The Bertz CT molecular complexity index is 952. The molecule has 1 aliphatic rings. The van der Waals surface area contributed by atoms with Crippen molar-refractivity contribution in [1.82, 2.24) is 19.7 Å². The molecule has 1 aliphatic heterocycles. The molecule has 3 heterocycles. The second-order valence-corrected chi connectivity index (χ2v) is 7.74. The lowest BCUT2D eigenvalue weighted by Crippen LogP contribution is -2.49. The van der Waals surface area contributed by atoms with Gasteiger partial charge in [0.1, 0.15) is 5.69 Å². The van der Waals surface area contributed by atoms with E-state index < -0.39 is 0 Å². The highest BCUT2D eigenvalue weighted by molar-refractivity contribution is 7.22. The van der Waals surface area contributed by atoms with Crippen LogP contribution in [-0.4, -0.2) is 51.8 Å². The molecular formula is C19H23N5OS. The van der Waals surface area contributed by atoms with E-state index in [9.17, 15) is 4.79 Å². The summed E-state index contributed by atoms with van der Waals surface area (Å²) in [5.74, 6) is 0.0759. The first-order valence-corrected chi connectivity index (χ1v) is 9.82. The molecule has 136 valence electrons. The Morgan fingerprint density at radius 1 is 1.15 bits per heavy atom. The van der Waals surface area contributed by atoms with Crippen LogP contribution in [0.2, 0.25) is 0 Å². The number of hydrogen-bond donors (Lipinski definition) is 0. The number of piperazine rings is 1. The van der Waals surface area contributed by atoms with Gasteiger partial charge in [0.05, 0.1) is 15.9 Å². The molecule has 0 unspecified atom stereocenters. The van der Waals surface area contributed by atoms with Gasteiger partial charge in [0, 0.05) is 32.7 Å². The number of amides is 1. The molecule has 4 rings (SSSR count). The standard InChI is InChI=1S/C19H23N5OS/c1-4-24-16(12-14(3)21-24)18(25)22-7-9-23(10-8-22)19-20-15-6-5-13(2)11-17(15)26-19/h5-6,11-12H,4,7-10H2,1-3H3. The van der Waals surface area contributed by atoms with Crippen LogP contribution in [0.15, 0.2) is 24.3 Å². The molecule has 1 saturated heterocycles. The van der Waals surface area contributed by atoms with Gasteiger partial charge in [0.2, 0.25) is 0 Å². The minimum Gasteiger partial charge on any atom is -0.345 e. The van der Waals surface area contributed by atoms with Crippen LogP contribution in [0.5, 0.6) is 0 Å². The molecule has 0 spiro atoms. The Kier molecular flexibility index (Phi) is 4.40. The summed E-state index contributed by atoms with van der Waals surface area (Å²) in [6.45, 7) is 9.79. The average Bonchev–Trinajstić information content (AvgIpc) is 3.24. The summed E-state index contributed by atoms with van der Waals surface area (Å²) < 4.78 is 3.01. The van der Waals surface area contributed by atoms with Crippen LogP contribution in [0.4, 0.5) is 5.13 Å². The minimum atomic E-state index is 0.0759. The maximum Gasteiger partial charge on any atom is 0.272 e. The fourth-order valence-corrected chi connectivity index (χ4v) is 4.49. The summed E-state index contributed by atoms with van der Waals surface area (Å²) in [5.41, 5.74) is 3.88. The molecule has 26 heavy (non-hydrogen) atoms. The van der Waals surface area contributed by atoms with Crippen molar-refractivity contribution in [3.05, 3.63) is 41.2 Å². The van der Waals surface area contributed by atoms with Crippen molar-refractivity contribution in [2.45, 2.75) is 27.3 Å². The number of rotatable bonds is 3. The number of thiazole rings is 1. The van der Waals surface area contributed by atoms with E-state index in [-0.39, 0.29) is 5.91 Å². The lowest BCUT2D eigenvalue weighted by molar-refractivity contribution is 0.0734. The van der Waals surface area contributed by atoms with Gasteiger partial charge in [-0.25, -0.2) is 4.98 Å². The van der Waals surface area contributed by atoms with E-state index in [0.717, 1.165) is 29.4 Å². The lowest BCUT2D eigenvalue weighted by Gasteiger charge is -2.34. The number of carbonyl (C=O) groups excluding carboxylic acids is 1. The van der Waals surface area contributed by atoms with Crippen LogP contribution in [0.25, 0.3) is 10.2 Å². The van der Waals surface area contributed by atoms with Crippen molar-refractivity contribution in [2.24, 2.45) is 0 Å². The Hall–Kier alpha value is -2.41. The first-order chi connectivity index (χ1) is 12.5. The molecule has 0 N–H and O–H groups in total. The van der Waals surface area contributed by atoms with Crippen molar-refractivity contribution in [3.8, 4) is 0 Å². The van der Waals surface area contributed by atoms with Gasteiger partial charge in [-0.15, -0.1) is 0 Å². The predicted octanol–water partition coefficient (Wildman–Crippen LogP) is 3.09. The van der Waals surface area contributed by atoms with Crippen LogP contribution in [0.1, 0.15) is 28.7 Å². The van der Waals surface area contributed by atoms with Crippen molar-refractivity contribution in [1.29, 1.82) is 0 Å². The van der Waals surface area contributed by atoms with Gasteiger partial charge in [-0.2, -0.15) is 5.10 Å². The van der Waals surface area contributed by atoms with E-state index in [4.69, 9.17) is 4.98 Å². The Morgan fingerprint density at radius 2 is 1.92 bits per heavy atom. The second kappa shape index (κ2) is 6.72. The third-order valence-corrected chi connectivity index (χ3v) is 5.87. The molecular weight excluding hydrogens is 346 g/mol. The monoisotopic (exact) mass is 369 g/mol. The molecule has 1 aromatic carbocycles. The predicted molar refractivity (Wildman–Crippen MR) is 105 cm³/mol. The zero-order chi connectivity index (χ0) is 18.3.